The Bertz CT molecular complexity index is 431. The summed E-state index contributed by atoms with van der Waals surface area (Å²) in [5.41, 5.74) is 1.65. The van der Waals surface area contributed by atoms with E-state index in [1.54, 1.807) is 0 Å². The van der Waals surface area contributed by atoms with Gasteiger partial charge in [0.2, 0.25) is 0 Å². The molecule has 1 nitrogen and oxygen atoms in total. The fourth-order valence-corrected chi connectivity index (χ4v) is 5.43. The third kappa shape index (κ3) is 4.04. The fraction of sp³-hybridized carbons (Fsp3) is 0.688. The van der Waals surface area contributed by atoms with E-state index in [0.29, 0.717) is 10.2 Å². The Morgan fingerprint density at radius 2 is 2.05 bits per heavy atom. The van der Waals surface area contributed by atoms with Crippen LogP contribution in [-0.4, -0.2) is 9.81 Å². The van der Waals surface area contributed by atoms with Gasteiger partial charge in [0.05, 0.1) is 0 Å². The average Bonchev–Trinajstić information content (AvgIpc) is 2.27. The summed E-state index contributed by atoms with van der Waals surface area (Å²) in [6.07, 6.45) is 8.97. The maximum atomic E-state index is 4.29. The molecule has 19 heavy (non-hydrogen) atoms. The standard InChI is InChI=1S/C16H23Br2N/c1-11-4-5-14(15(18)6-11)16(2,3)8-12-7-13(17)10-19-9-12/h7,9-11,14-15H,4-6,8H2,1-3H3. The number of halogens is 2. The Morgan fingerprint density at radius 3 is 2.68 bits per heavy atom. The molecule has 3 heteroatoms. The van der Waals surface area contributed by atoms with Gasteiger partial charge in [0.25, 0.3) is 0 Å². The van der Waals surface area contributed by atoms with Gasteiger partial charge in [0.1, 0.15) is 0 Å². The van der Waals surface area contributed by atoms with Gasteiger partial charge in [0.15, 0.2) is 0 Å². The van der Waals surface area contributed by atoms with Gasteiger partial charge in [-0.3, -0.25) is 4.98 Å². The summed E-state index contributed by atoms with van der Waals surface area (Å²) in [6.45, 7) is 7.18. The van der Waals surface area contributed by atoms with E-state index in [0.717, 1.165) is 22.7 Å². The summed E-state index contributed by atoms with van der Waals surface area (Å²) in [5, 5.41) is 0. The SMILES string of the molecule is CC1CCC(C(C)(C)Cc2cncc(Br)c2)C(Br)C1. The quantitative estimate of drug-likeness (QED) is 0.613. The van der Waals surface area contributed by atoms with Crippen molar-refractivity contribution < 1.29 is 0 Å². The molecule has 1 aliphatic rings. The van der Waals surface area contributed by atoms with Crippen LogP contribution in [0.5, 0.6) is 0 Å². The molecule has 0 saturated heterocycles. The van der Waals surface area contributed by atoms with E-state index in [9.17, 15) is 0 Å². The topological polar surface area (TPSA) is 12.9 Å². The molecule has 0 amide bonds. The minimum Gasteiger partial charge on any atom is -0.263 e. The van der Waals surface area contributed by atoms with Crippen molar-refractivity contribution in [3.8, 4) is 0 Å². The molecule has 1 fully saturated rings. The van der Waals surface area contributed by atoms with E-state index in [1.807, 2.05) is 12.4 Å². The fourth-order valence-electron chi connectivity index (χ4n) is 3.40. The molecule has 0 N–H and O–H groups in total. The molecule has 1 aromatic heterocycles. The zero-order chi connectivity index (χ0) is 14.0. The Morgan fingerprint density at radius 1 is 1.32 bits per heavy atom. The van der Waals surface area contributed by atoms with Crippen LogP contribution >= 0.6 is 31.9 Å². The van der Waals surface area contributed by atoms with Crippen LogP contribution < -0.4 is 0 Å². The second-order valence-electron chi connectivity index (χ2n) is 6.72. The highest BCUT2D eigenvalue weighted by atomic mass is 79.9. The summed E-state index contributed by atoms with van der Waals surface area (Å²) in [4.78, 5) is 4.94. The molecule has 0 bridgehead atoms. The van der Waals surface area contributed by atoms with Crippen molar-refractivity contribution in [3.63, 3.8) is 0 Å². The zero-order valence-electron chi connectivity index (χ0n) is 12.0. The lowest BCUT2D eigenvalue weighted by atomic mass is 9.66. The lowest BCUT2D eigenvalue weighted by Gasteiger charge is -2.42. The highest BCUT2D eigenvalue weighted by Crippen LogP contribution is 2.45. The van der Waals surface area contributed by atoms with Gasteiger partial charge in [0, 0.05) is 21.7 Å². The largest absolute Gasteiger partial charge is 0.263 e. The molecule has 1 aromatic rings. The Kier molecular flexibility index (Phi) is 5.10. The summed E-state index contributed by atoms with van der Waals surface area (Å²) in [5.74, 6) is 1.62. The highest BCUT2D eigenvalue weighted by molar-refractivity contribution is 9.10. The van der Waals surface area contributed by atoms with Crippen molar-refractivity contribution in [2.24, 2.45) is 17.3 Å². The minimum absolute atomic E-state index is 0.316. The maximum absolute atomic E-state index is 4.29. The molecule has 0 aromatic carbocycles. The van der Waals surface area contributed by atoms with Gasteiger partial charge in [-0.05, 0) is 64.1 Å². The first-order valence-electron chi connectivity index (χ1n) is 7.12. The molecule has 0 radical (unpaired) electrons. The molecule has 2 rings (SSSR count). The summed E-state index contributed by atoms with van der Waals surface area (Å²) >= 11 is 7.45. The average molecular weight is 389 g/mol. The molecule has 106 valence electrons. The van der Waals surface area contributed by atoms with E-state index in [1.165, 1.54) is 24.8 Å². The van der Waals surface area contributed by atoms with Gasteiger partial charge in [-0.2, -0.15) is 0 Å². The van der Waals surface area contributed by atoms with E-state index in [2.05, 4.69) is 63.7 Å². The molecular formula is C16H23Br2N. The zero-order valence-corrected chi connectivity index (χ0v) is 15.2. The predicted molar refractivity (Wildman–Crippen MR) is 88.6 cm³/mol. The van der Waals surface area contributed by atoms with Gasteiger partial charge < -0.3 is 0 Å². The Labute approximate surface area is 133 Å². The number of hydrogen-bond acceptors (Lipinski definition) is 1. The van der Waals surface area contributed by atoms with Gasteiger partial charge >= 0.3 is 0 Å². The minimum atomic E-state index is 0.316. The van der Waals surface area contributed by atoms with Gasteiger partial charge in [-0.15, -0.1) is 0 Å². The van der Waals surface area contributed by atoms with Crippen LogP contribution in [0.3, 0.4) is 0 Å². The maximum Gasteiger partial charge on any atom is 0.0410 e. The number of aromatic nitrogens is 1. The van der Waals surface area contributed by atoms with Crippen LogP contribution in [0.25, 0.3) is 0 Å². The molecular weight excluding hydrogens is 366 g/mol. The number of alkyl halides is 1. The van der Waals surface area contributed by atoms with E-state index < -0.39 is 0 Å². The van der Waals surface area contributed by atoms with Crippen molar-refractivity contribution in [2.75, 3.05) is 0 Å². The monoisotopic (exact) mass is 387 g/mol. The highest BCUT2D eigenvalue weighted by Gasteiger charge is 2.37. The Hall–Kier alpha value is 0.110. The van der Waals surface area contributed by atoms with E-state index in [4.69, 9.17) is 0 Å². The first-order valence-corrected chi connectivity index (χ1v) is 8.83. The van der Waals surface area contributed by atoms with E-state index >= 15 is 0 Å². The number of hydrogen-bond donors (Lipinski definition) is 0. The molecule has 0 aliphatic heterocycles. The van der Waals surface area contributed by atoms with Crippen molar-refractivity contribution in [3.05, 3.63) is 28.5 Å². The molecule has 3 unspecified atom stereocenters. The van der Waals surface area contributed by atoms with Crippen LogP contribution in [0.4, 0.5) is 0 Å². The van der Waals surface area contributed by atoms with Crippen LogP contribution in [-0.2, 0) is 6.42 Å². The van der Waals surface area contributed by atoms with E-state index in [-0.39, 0.29) is 0 Å². The number of nitrogens with zero attached hydrogens (tertiary/aromatic N) is 1. The van der Waals surface area contributed by atoms with Crippen LogP contribution in [0.2, 0.25) is 0 Å². The third-order valence-corrected chi connectivity index (χ3v) is 5.91. The third-order valence-electron chi connectivity index (χ3n) is 4.46. The van der Waals surface area contributed by atoms with Gasteiger partial charge in [-0.1, -0.05) is 43.1 Å². The number of rotatable bonds is 3. The lowest BCUT2D eigenvalue weighted by molar-refractivity contribution is 0.147. The Balaban J connectivity index is 2.09. The van der Waals surface area contributed by atoms with Crippen molar-refractivity contribution in [1.29, 1.82) is 0 Å². The normalized spacial score (nSPS) is 28.4. The lowest BCUT2D eigenvalue weighted by Crippen LogP contribution is -2.37. The van der Waals surface area contributed by atoms with Crippen LogP contribution in [0.1, 0.15) is 45.6 Å². The summed E-state index contributed by atoms with van der Waals surface area (Å²) in [7, 11) is 0. The van der Waals surface area contributed by atoms with Crippen molar-refractivity contribution in [1.82, 2.24) is 4.98 Å². The first kappa shape index (κ1) is 15.5. The molecule has 0 spiro atoms. The molecule has 1 heterocycles. The van der Waals surface area contributed by atoms with Crippen molar-refractivity contribution in [2.45, 2.75) is 51.3 Å². The van der Waals surface area contributed by atoms with Crippen LogP contribution in [0.15, 0.2) is 22.9 Å². The number of pyridine rings is 1. The van der Waals surface area contributed by atoms with Crippen molar-refractivity contribution >= 4 is 31.9 Å². The molecule has 1 saturated carbocycles. The second-order valence-corrected chi connectivity index (χ2v) is 8.81. The predicted octanol–water partition coefficient (Wildman–Crippen LogP) is 5.61. The molecule has 3 atom stereocenters. The second kappa shape index (κ2) is 6.26. The summed E-state index contributed by atoms with van der Waals surface area (Å²) < 4.78 is 1.08. The van der Waals surface area contributed by atoms with Gasteiger partial charge in [-0.25, -0.2) is 0 Å². The summed E-state index contributed by atoms with van der Waals surface area (Å²) in [6, 6.07) is 2.20. The van der Waals surface area contributed by atoms with Crippen LogP contribution in [0, 0.1) is 17.3 Å². The molecule has 1 aliphatic carbocycles. The smallest absolute Gasteiger partial charge is 0.0410 e. The first-order chi connectivity index (χ1) is 8.88.